The lowest BCUT2D eigenvalue weighted by Gasteiger charge is -2.36. The smallest absolute Gasteiger partial charge is 0.253 e. The predicted molar refractivity (Wildman–Crippen MR) is 90.4 cm³/mol. The number of nitrogens with two attached hydrogens (primary N) is 1. The molecule has 22 heavy (non-hydrogen) atoms. The van der Waals surface area contributed by atoms with E-state index in [9.17, 15) is 4.79 Å². The lowest BCUT2D eigenvalue weighted by molar-refractivity contribution is 0.0747. The Hall–Kier alpha value is -2.20. The number of nitrogen functional groups attached to an aromatic ring is 1. The Labute approximate surface area is 135 Å². The number of rotatable bonds is 2. The van der Waals surface area contributed by atoms with E-state index in [1.165, 1.54) is 0 Å². The highest BCUT2D eigenvalue weighted by Gasteiger charge is 2.23. The third kappa shape index (κ3) is 3.02. The van der Waals surface area contributed by atoms with Crippen molar-refractivity contribution in [2.75, 3.05) is 36.8 Å². The number of carbonyl (C=O) groups is 1. The minimum absolute atomic E-state index is 0.0867. The van der Waals surface area contributed by atoms with Crippen LogP contribution in [0.2, 0.25) is 5.02 Å². The van der Waals surface area contributed by atoms with Gasteiger partial charge < -0.3 is 15.5 Å². The Bertz CT molecular complexity index is 667. The summed E-state index contributed by atoms with van der Waals surface area (Å²) < 4.78 is 0. The van der Waals surface area contributed by atoms with Crippen LogP contribution in [0.25, 0.3) is 0 Å². The van der Waals surface area contributed by atoms with Crippen molar-refractivity contribution in [1.82, 2.24) is 4.90 Å². The van der Waals surface area contributed by atoms with Crippen LogP contribution >= 0.6 is 11.6 Å². The third-order valence-electron chi connectivity index (χ3n) is 3.90. The molecule has 1 heterocycles. The number of halogens is 1. The first-order chi connectivity index (χ1) is 10.6. The Morgan fingerprint density at radius 1 is 1.00 bits per heavy atom. The Morgan fingerprint density at radius 2 is 1.68 bits per heavy atom. The zero-order valence-corrected chi connectivity index (χ0v) is 13.0. The number of hydrogen-bond donors (Lipinski definition) is 1. The van der Waals surface area contributed by atoms with Crippen LogP contribution in [-0.2, 0) is 0 Å². The van der Waals surface area contributed by atoms with Gasteiger partial charge in [-0.1, -0.05) is 29.8 Å². The molecule has 3 rings (SSSR count). The summed E-state index contributed by atoms with van der Waals surface area (Å²) in [5.41, 5.74) is 8.10. The number of piperazine rings is 1. The van der Waals surface area contributed by atoms with Crippen molar-refractivity contribution >= 4 is 28.9 Å². The molecule has 114 valence electrons. The second kappa shape index (κ2) is 6.28. The molecule has 0 atom stereocenters. The number of benzene rings is 2. The maximum Gasteiger partial charge on any atom is 0.253 e. The average Bonchev–Trinajstić information content (AvgIpc) is 2.55. The molecule has 1 aliphatic rings. The molecular formula is C17H18ClN3O. The van der Waals surface area contributed by atoms with Crippen LogP contribution < -0.4 is 10.6 Å². The van der Waals surface area contributed by atoms with Gasteiger partial charge >= 0.3 is 0 Å². The molecule has 1 saturated heterocycles. The molecule has 0 spiro atoms. The molecule has 1 amide bonds. The molecule has 2 aromatic carbocycles. The van der Waals surface area contributed by atoms with E-state index < -0.39 is 0 Å². The number of anilines is 2. The van der Waals surface area contributed by atoms with Crippen molar-refractivity contribution in [2.24, 2.45) is 0 Å². The zero-order valence-electron chi connectivity index (χ0n) is 12.2. The quantitative estimate of drug-likeness (QED) is 0.867. The minimum atomic E-state index is 0.0867. The van der Waals surface area contributed by atoms with E-state index in [4.69, 9.17) is 17.3 Å². The molecule has 0 saturated carbocycles. The fourth-order valence-corrected chi connectivity index (χ4v) is 3.00. The summed E-state index contributed by atoms with van der Waals surface area (Å²) in [5.74, 6) is 0.0867. The summed E-state index contributed by atoms with van der Waals surface area (Å²) in [4.78, 5) is 16.5. The molecule has 5 heteroatoms. The van der Waals surface area contributed by atoms with E-state index in [2.05, 4.69) is 4.90 Å². The molecule has 0 radical (unpaired) electrons. The number of carbonyl (C=O) groups excluding carboxylic acids is 1. The molecule has 4 nitrogen and oxygen atoms in total. The van der Waals surface area contributed by atoms with Crippen LogP contribution in [0.5, 0.6) is 0 Å². The van der Waals surface area contributed by atoms with Gasteiger partial charge in [-0.2, -0.15) is 0 Å². The first kappa shape index (κ1) is 14.7. The highest BCUT2D eigenvalue weighted by molar-refractivity contribution is 6.33. The summed E-state index contributed by atoms with van der Waals surface area (Å²) in [7, 11) is 0. The maximum absolute atomic E-state index is 12.4. The Kier molecular flexibility index (Phi) is 4.20. The van der Waals surface area contributed by atoms with Crippen molar-refractivity contribution < 1.29 is 4.79 Å². The number of nitrogens with zero attached hydrogens (tertiary/aromatic N) is 2. The largest absolute Gasteiger partial charge is 0.399 e. The van der Waals surface area contributed by atoms with E-state index in [0.717, 1.165) is 24.3 Å². The summed E-state index contributed by atoms with van der Waals surface area (Å²) in [6.45, 7) is 2.91. The normalized spacial score (nSPS) is 15.0. The van der Waals surface area contributed by atoms with Crippen molar-refractivity contribution in [2.45, 2.75) is 0 Å². The van der Waals surface area contributed by atoms with Crippen LogP contribution in [0.3, 0.4) is 0 Å². The van der Waals surface area contributed by atoms with Gasteiger partial charge in [0.05, 0.1) is 10.7 Å². The van der Waals surface area contributed by atoms with Crippen molar-refractivity contribution in [3.8, 4) is 0 Å². The number of hydrogen-bond acceptors (Lipinski definition) is 3. The van der Waals surface area contributed by atoms with Crippen molar-refractivity contribution in [3.63, 3.8) is 0 Å². The van der Waals surface area contributed by atoms with Gasteiger partial charge in [0.25, 0.3) is 5.91 Å². The average molecular weight is 316 g/mol. The standard InChI is InChI=1S/C17H18ClN3O/c18-15-12-14(19)6-7-16(15)20-8-10-21(11-9-20)17(22)13-4-2-1-3-5-13/h1-7,12H,8-11,19H2. The maximum atomic E-state index is 12.4. The summed E-state index contributed by atoms with van der Waals surface area (Å²) >= 11 is 6.26. The first-order valence-corrected chi connectivity index (χ1v) is 7.67. The van der Waals surface area contributed by atoms with Gasteiger partial charge in [0, 0.05) is 37.4 Å². The fraction of sp³-hybridized carbons (Fsp3) is 0.235. The highest BCUT2D eigenvalue weighted by Crippen LogP contribution is 2.28. The van der Waals surface area contributed by atoms with Crippen LogP contribution in [0.1, 0.15) is 10.4 Å². The van der Waals surface area contributed by atoms with Gasteiger partial charge in [-0.05, 0) is 30.3 Å². The minimum Gasteiger partial charge on any atom is -0.399 e. The van der Waals surface area contributed by atoms with Crippen molar-refractivity contribution in [3.05, 3.63) is 59.1 Å². The summed E-state index contributed by atoms with van der Waals surface area (Å²) in [6.07, 6.45) is 0. The molecule has 0 aliphatic carbocycles. The van der Waals surface area contributed by atoms with Gasteiger partial charge in [-0.25, -0.2) is 0 Å². The first-order valence-electron chi connectivity index (χ1n) is 7.29. The SMILES string of the molecule is Nc1ccc(N2CCN(C(=O)c3ccccc3)CC2)c(Cl)c1. The van der Waals surface area contributed by atoms with E-state index in [1.807, 2.05) is 47.4 Å². The van der Waals surface area contributed by atoms with E-state index in [1.54, 1.807) is 6.07 Å². The van der Waals surface area contributed by atoms with Gasteiger partial charge in [-0.3, -0.25) is 4.79 Å². The lowest BCUT2D eigenvalue weighted by Crippen LogP contribution is -2.48. The summed E-state index contributed by atoms with van der Waals surface area (Å²) in [5, 5.41) is 0.655. The summed E-state index contributed by atoms with van der Waals surface area (Å²) in [6, 6.07) is 14.9. The van der Waals surface area contributed by atoms with Gasteiger partial charge in [0.15, 0.2) is 0 Å². The third-order valence-corrected chi connectivity index (χ3v) is 4.20. The van der Waals surface area contributed by atoms with Gasteiger partial charge in [0.1, 0.15) is 0 Å². The van der Waals surface area contributed by atoms with Crippen LogP contribution in [0.15, 0.2) is 48.5 Å². The van der Waals surface area contributed by atoms with Gasteiger partial charge in [-0.15, -0.1) is 0 Å². The van der Waals surface area contributed by atoms with E-state index in [-0.39, 0.29) is 5.91 Å². The Balaban J connectivity index is 1.66. The van der Waals surface area contributed by atoms with E-state index in [0.29, 0.717) is 23.8 Å². The Morgan fingerprint density at radius 3 is 2.32 bits per heavy atom. The molecule has 1 fully saturated rings. The van der Waals surface area contributed by atoms with Crippen LogP contribution in [0.4, 0.5) is 11.4 Å². The number of amides is 1. The highest BCUT2D eigenvalue weighted by atomic mass is 35.5. The molecule has 0 unspecified atom stereocenters. The zero-order chi connectivity index (χ0) is 15.5. The molecular weight excluding hydrogens is 298 g/mol. The lowest BCUT2D eigenvalue weighted by atomic mass is 10.1. The fourth-order valence-electron chi connectivity index (χ4n) is 2.69. The predicted octanol–water partition coefficient (Wildman–Crippen LogP) is 2.88. The monoisotopic (exact) mass is 315 g/mol. The van der Waals surface area contributed by atoms with Crippen LogP contribution in [-0.4, -0.2) is 37.0 Å². The molecule has 0 aromatic heterocycles. The topological polar surface area (TPSA) is 49.6 Å². The molecule has 2 aromatic rings. The van der Waals surface area contributed by atoms with Gasteiger partial charge in [0.2, 0.25) is 0 Å². The van der Waals surface area contributed by atoms with Crippen LogP contribution in [0, 0.1) is 0 Å². The van der Waals surface area contributed by atoms with Crippen molar-refractivity contribution in [1.29, 1.82) is 0 Å². The molecule has 1 aliphatic heterocycles. The van der Waals surface area contributed by atoms with E-state index >= 15 is 0 Å². The second-order valence-electron chi connectivity index (χ2n) is 5.36. The second-order valence-corrected chi connectivity index (χ2v) is 5.76. The molecule has 2 N–H and O–H groups in total. The molecule has 0 bridgehead atoms.